The van der Waals surface area contributed by atoms with Gasteiger partial charge in [-0.2, -0.15) is 0 Å². The Labute approximate surface area is 171 Å². The van der Waals surface area contributed by atoms with Crippen molar-refractivity contribution < 1.29 is 0 Å². The zero-order chi connectivity index (χ0) is 19.5. The molecule has 0 saturated heterocycles. The Kier molecular flexibility index (Phi) is 4.56. The Bertz CT molecular complexity index is 1260. The summed E-state index contributed by atoms with van der Waals surface area (Å²) in [6.45, 7) is 0. The monoisotopic (exact) mass is 371 g/mol. The summed E-state index contributed by atoms with van der Waals surface area (Å²) in [5, 5.41) is 6.03. The summed E-state index contributed by atoms with van der Waals surface area (Å²) >= 11 is 0. The van der Waals surface area contributed by atoms with Gasteiger partial charge in [0.1, 0.15) is 0 Å². The van der Waals surface area contributed by atoms with Gasteiger partial charge in [0.05, 0.1) is 0 Å². The van der Waals surface area contributed by atoms with E-state index in [-0.39, 0.29) is 0 Å². The van der Waals surface area contributed by atoms with E-state index in [9.17, 15) is 0 Å². The van der Waals surface area contributed by atoms with Crippen LogP contribution in [0.3, 0.4) is 0 Å². The molecule has 1 nitrogen and oxygen atoms in total. The third kappa shape index (κ3) is 3.63. The predicted octanol–water partition coefficient (Wildman–Crippen LogP) is 7.92. The van der Waals surface area contributed by atoms with E-state index < -0.39 is 0 Å². The van der Waals surface area contributed by atoms with Crippen molar-refractivity contribution >= 4 is 22.1 Å². The van der Waals surface area contributed by atoms with E-state index in [2.05, 4.69) is 108 Å². The molecule has 0 aliphatic carbocycles. The van der Waals surface area contributed by atoms with Crippen LogP contribution >= 0.6 is 0 Å². The van der Waals surface area contributed by atoms with E-state index in [1.165, 1.54) is 33.0 Å². The molecule has 1 heteroatoms. The minimum atomic E-state index is 1.09. The molecule has 0 aliphatic rings. The van der Waals surface area contributed by atoms with Gasteiger partial charge < -0.3 is 5.32 Å². The van der Waals surface area contributed by atoms with Crippen LogP contribution in [0, 0.1) is 0 Å². The van der Waals surface area contributed by atoms with Crippen molar-refractivity contribution in [3.63, 3.8) is 0 Å². The van der Waals surface area contributed by atoms with E-state index >= 15 is 0 Å². The molecule has 0 bridgehead atoms. The molecular formula is C28H21N. The molecule has 0 saturated carbocycles. The van der Waals surface area contributed by atoms with Crippen LogP contribution in [0.4, 0.5) is 11.4 Å². The third-order valence-electron chi connectivity index (χ3n) is 5.20. The first kappa shape index (κ1) is 17.3. The van der Waals surface area contributed by atoms with E-state index in [0.29, 0.717) is 0 Å². The van der Waals surface area contributed by atoms with Crippen LogP contribution in [0.15, 0.2) is 121 Å². The molecular weight excluding hydrogens is 350 g/mol. The Hall–Kier alpha value is -3.84. The van der Waals surface area contributed by atoms with E-state index in [1.807, 2.05) is 18.2 Å². The van der Waals surface area contributed by atoms with Crippen molar-refractivity contribution in [2.45, 2.75) is 0 Å². The molecule has 29 heavy (non-hydrogen) atoms. The number of hydrogen-bond acceptors (Lipinski definition) is 1. The van der Waals surface area contributed by atoms with Gasteiger partial charge in [-0.3, -0.25) is 0 Å². The van der Waals surface area contributed by atoms with Crippen molar-refractivity contribution in [1.82, 2.24) is 0 Å². The first-order valence-electron chi connectivity index (χ1n) is 9.87. The predicted molar refractivity (Wildman–Crippen MR) is 125 cm³/mol. The minimum Gasteiger partial charge on any atom is -0.356 e. The lowest BCUT2D eigenvalue weighted by atomic mass is 9.93. The molecule has 5 aromatic carbocycles. The highest BCUT2D eigenvalue weighted by Gasteiger charge is 2.08. The number of benzene rings is 5. The summed E-state index contributed by atoms with van der Waals surface area (Å²) in [5.41, 5.74) is 7.11. The number of hydrogen-bond donors (Lipinski definition) is 1. The normalized spacial score (nSPS) is 10.8. The quantitative estimate of drug-likeness (QED) is 0.338. The summed E-state index contributed by atoms with van der Waals surface area (Å²) < 4.78 is 0. The van der Waals surface area contributed by atoms with Crippen LogP contribution in [0.5, 0.6) is 0 Å². The van der Waals surface area contributed by atoms with E-state index in [0.717, 1.165) is 11.4 Å². The summed E-state index contributed by atoms with van der Waals surface area (Å²) in [7, 11) is 0. The molecule has 5 aromatic rings. The number of rotatable bonds is 4. The topological polar surface area (TPSA) is 12.0 Å². The first-order chi connectivity index (χ1) is 14.4. The first-order valence-corrected chi connectivity index (χ1v) is 9.87. The molecule has 5 rings (SSSR count). The Balaban J connectivity index is 1.61. The fraction of sp³-hybridized carbons (Fsp3) is 0. The lowest BCUT2D eigenvalue weighted by Crippen LogP contribution is -1.90. The zero-order valence-electron chi connectivity index (χ0n) is 16.0. The van der Waals surface area contributed by atoms with Gasteiger partial charge in [0, 0.05) is 11.4 Å². The van der Waals surface area contributed by atoms with Crippen molar-refractivity contribution in [3.05, 3.63) is 121 Å². The van der Waals surface area contributed by atoms with Crippen molar-refractivity contribution in [2.75, 3.05) is 5.32 Å². The van der Waals surface area contributed by atoms with Gasteiger partial charge in [-0.25, -0.2) is 0 Å². The molecule has 0 atom stereocenters. The minimum absolute atomic E-state index is 1.09. The molecule has 0 aromatic heterocycles. The highest BCUT2D eigenvalue weighted by atomic mass is 14.9. The van der Waals surface area contributed by atoms with Crippen LogP contribution in [0.1, 0.15) is 0 Å². The second kappa shape index (κ2) is 7.65. The highest BCUT2D eigenvalue weighted by molar-refractivity contribution is 6.00. The number of para-hydroxylation sites is 1. The molecule has 1 N–H and O–H groups in total. The number of fused-ring (bicyclic) bond motifs is 1. The molecule has 0 fully saturated rings. The maximum absolute atomic E-state index is 3.50. The lowest BCUT2D eigenvalue weighted by molar-refractivity contribution is 1.54. The third-order valence-corrected chi connectivity index (χ3v) is 5.20. The fourth-order valence-electron chi connectivity index (χ4n) is 3.80. The maximum atomic E-state index is 3.50. The molecule has 0 radical (unpaired) electrons. The molecule has 0 aliphatic heterocycles. The maximum Gasteiger partial charge on any atom is 0.0390 e. The number of nitrogens with one attached hydrogen (secondary N) is 1. The molecule has 0 heterocycles. The van der Waals surface area contributed by atoms with Crippen molar-refractivity contribution in [2.24, 2.45) is 0 Å². The summed E-state index contributed by atoms with van der Waals surface area (Å²) in [5.74, 6) is 0. The molecule has 0 amide bonds. The van der Waals surface area contributed by atoms with Crippen LogP contribution in [-0.2, 0) is 0 Å². The summed E-state index contributed by atoms with van der Waals surface area (Å²) in [6.07, 6.45) is 0. The summed E-state index contributed by atoms with van der Waals surface area (Å²) in [4.78, 5) is 0. The van der Waals surface area contributed by atoms with Gasteiger partial charge in [-0.05, 0) is 69.4 Å². The Morgan fingerprint density at radius 3 is 1.90 bits per heavy atom. The standard InChI is InChI=1S/C28H21N/c1-3-10-21(11-4-1)28-20-24(18-23-12-7-8-17-27(23)28)22-13-9-16-26(19-22)29-25-14-5-2-6-15-25/h1-20,29H. The van der Waals surface area contributed by atoms with Crippen LogP contribution in [0.2, 0.25) is 0 Å². The van der Waals surface area contributed by atoms with Crippen molar-refractivity contribution in [3.8, 4) is 22.3 Å². The second-order valence-electron chi connectivity index (χ2n) is 7.18. The van der Waals surface area contributed by atoms with Gasteiger partial charge in [0.2, 0.25) is 0 Å². The molecule has 0 spiro atoms. The van der Waals surface area contributed by atoms with Crippen LogP contribution in [0.25, 0.3) is 33.0 Å². The smallest absolute Gasteiger partial charge is 0.0390 e. The Morgan fingerprint density at radius 2 is 1.07 bits per heavy atom. The summed E-state index contributed by atoms with van der Waals surface area (Å²) in [6, 6.07) is 42.7. The van der Waals surface area contributed by atoms with Gasteiger partial charge in [0.25, 0.3) is 0 Å². The van der Waals surface area contributed by atoms with Gasteiger partial charge in [-0.15, -0.1) is 0 Å². The SMILES string of the molecule is c1ccc(Nc2cccc(-c3cc(-c4ccccc4)c4ccccc4c3)c2)cc1. The van der Waals surface area contributed by atoms with Crippen LogP contribution in [-0.4, -0.2) is 0 Å². The second-order valence-corrected chi connectivity index (χ2v) is 7.18. The fourth-order valence-corrected chi connectivity index (χ4v) is 3.80. The number of anilines is 2. The van der Waals surface area contributed by atoms with Gasteiger partial charge >= 0.3 is 0 Å². The largest absolute Gasteiger partial charge is 0.356 e. The lowest BCUT2D eigenvalue weighted by Gasteiger charge is -2.13. The Morgan fingerprint density at radius 1 is 0.414 bits per heavy atom. The zero-order valence-corrected chi connectivity index (χ0v) is 16.0. The average molecular weight is 371 g/mol. The van der Waals surface area contributed by atoms with E-state index in [1.54, 1.807) is 0 Å². The van der Waals surface area contributed by atoms with E-state index in [4.69, 9.17) is 0 Å². The average Bonchev–Trinajstić information content (AvgIpc) is 2.80. The molecule has 138 valence electrons. The van der Waals surface area contributed by atoms with Crippen LogP contribution < -0.4 is 5.32 Å². The van der Waals surface area contributed by atoms with Gasteiger partial charge in [0.15, 0.2) is 0 Å². The van der Waals surface area contributed by atoms with Crippen molar-refractivity contribution in [1.29, 1.82) is 0 Å². The van der Waals surface area contributed by atoms with Gasteiger partial charge in [-0.1, -0.05) is 84.9 Å². The highest BCUT2D eigenvalue weighted by Crippen LogP contribution is 2.35. The molecule has 0 unspecified atom stereocenters.